The summed E-state index contributed by atoms with van der Waals surface area (Å²) in [6, 6.07) is 0. The van der Waals surface area contributed by atoms with Gasteiger partial charge in [-0.3, -0.25) is 0 Å². The molecule has 62 valence electrons. The summed E-state index contributed by atoms with van der Waals surface area (Å²) in [5.41, 5.74) is -2.09. The van der Waals surface area contributed by atoms with E-state index < -0.39 is 11.6 Å². The highest BCUT2D eigenvalue weighted by Gasteiger charge is 2.43. The van der Waals surface area contributed by atoms with Crippen LogP contribution in [0.25, 0.3) is 0 Å². The van der Waals surface area contributed by atoms with Crippen LogP contribution in [-0.4, -0.2) is 35.2 Å². The van der Waals surface area contributed by atoms with E-state index in [-0.39, 0.29) is 19.2 Å². The highest BCUT2D eigenvalue weighted by molar-refractivity contribution is 5.80. The molecule has 0 aliphatic carbocycles. The van der Waals surface area contributed by atoms with Gasteiger partial charge in [0.1, 0.15) is 5.76 Å². The first-order valence-electron chi connectivity index (χ1n) is 2.93. The van der Waals surface area contributed by atoms with Gasteiger partial charge in [-0.25, -0.2) is 4.79 Å². The van der Waals surface area contributed by atoms with Gasteiger partial charge in [-0.05, 0) is 0 Å². The number of rotatable bonds is 1. The zero-order valence-corrected chi connectivity index (χ0v) is 5.74. The van der Waals surface area contributed by atoms with Crippen molar-refractivity contribution >= 4 is 5.97 Å². The van der Waals surface area contributed by atoms with E-state index in [2.05, 4.69) is 16.1 Å². The zero-order valence-electron chi connectivity index (χ0n) is 5.74. The van der Waals surface area contributed by atoms with Crippen LogP contribution in [0.3, 0.4) is 0 Å². The summed E-state index contributed by atoms with van der Waals surface area (Å²) in [4.78, 5) is 10.4. The van der Waals surface area contributed by atoms with Crippen LogP contribution in [0.1, 0.15) is 0 Å². The van der Waals surface area contributed by atoms with Crippen molar-refractivity contribution in [3.63, 3.8) is 0 Å². The SMILES string of the molecule is C=C1OCOCC1(O)C(=O)O. The van der Waals surface area contributed by atoms with E-state index in [4.69, 9.17) is 5.11 Å². The first-order valence-corrected chi connectivity index (χ1v) is 2.93. The number of carbonyl (C=O) groups is 1. The van der Waals surface area contributed by atoms with Crippen molar-refractivity contribution in [1.29, 1.82) is 0 Å². The van der Waals surface area contributed by atoms with E-state index in [9.17, 15) is 9.90 Å². The van der Waals surface area contributed by atoms with Gasteiger partial charge in [-0.15, -0.1) is 0 Å². The molecule has 1 rings (SSSR count). The summed E-state index contributed by atoms with van der Waals surface area (Å²) in [5.74, 6) is -1.60. The van der Waals surface area contributed by atoms with Crippen molar-refractivity contribution in [2.24, 2.45) is 0 Å². The van der Waals surface area contributed by atoms with Gasteiger partial charge in [0.15, 0.2) is 6.79 Å². The molecule has 0 amide bonds. The monoisotopic (exact) mass is 160 g/mol. The van der Waals surface area contributed by atoms with Crippen molar-refractivity contribution in [1.82, 2.24) is 0 Å². The summed E-state index contributed by atoms with van der Waals surface area (Å²) in [6.07, 6.45) is 0. The molecule has 1 atom stereocenters. The van der Waals surface area contributed by atoms with E-state index in [1.54, 1.807) is 0 Å². The summed E-state index contributed by atoms with van der Waals surface area (Å²) in [7, 11) is 0. The first kappa shape index (κ1) is 8.03. The maximum atomic E-state index is 10.4. The molecule has 5 nitrogen and oxygen atoms in total. The normalized spacial score (nSPS) is 31.2. The van der Waals surface area contributed by atoms with Crippen LogP contribution < -0.4 is 0 Å². The van der Waals surface area contributed by atoms with Crippen LogP contribution >= 0.6 is 0 Å². The Kier molecular flexibility index (Phi) is 1.84. The number of carboxylic acids is 1. The van der Waals surface area contributed by atoms with Gasteiger partial charge in [0, 0.05) is 0 Å². The number of aliphatic carboxylic acids is 1. The van der Waals surface area contributed by atoms with Crippen LogP contribution in [0.15, 0.2) is 12.3 Å². The van der Waals surface area contributed by atoms with Crippen molar-refractivity contribution in [2.75, 3.05) is 13.4 Å². The molecule has 0 bridgehead atoms. The number of carboxylic acid groups (broad SMARTS) is 1. The van der Waals surface area contributed by atoms with Gasteiger partial charge in [0.05, 0.1) is 6.61 Å². The Hall–Kier alpha value is -1.07. The van der Waals surface area contributed by atoms with E-state index in [1.165, 1.54) is 0 Å². The van der Waals surface area contributed by atoms with Crippen LogP contribution in [0.4, 0.5) is 0 Å². The second-order valence-electron chi connectivity index (χ2n) is 2.20. The molecule has 2 N–H and O–H groups in total. The third kappa shape index (κ3) is 1.20. The second-order valence-corrected chi connectivity index (χ2v) is 2.20. The molecule has 1 saturated heterocycles. The molecule has 1 aliphatic rings. The molecule has 1 unspecified atom stereocenters. The average Bonchev–Trinajstić information content (AvgIpc) is 1.95. The van der Waals surface area contributed by atoms with Crippen LogP contribution in [0.2, 0.25) is 0 Å². The van der Waals surface area contributed by atoms with Gasteiger partial charge >= 0.3 is 5.97 Å². The lowest BCUT2D eigenvalue weighted by molar-refractivity contribution is -0.189. The highest BCUT2D eigenvalue weighted by Crippen LogP contribution is 2.21. The number of ether oxygens (including phenoxy) is 2. The lowest BCUT2D eigenvalue weighted by Crippen LogP contribution is -2.48. The minimum Gasteiger partial charge on any atom is -0.479 e. The van der Waals surface area contributed by atoms with Gasteiger partial charge in [0.2, 0.25) is 5.60 Å². The van der Waals surface area contributed by atoms with Gasteiger partial charge in [-0.2, -0.15) is 0 Å². The predicted octanol–water partition coefficient (Wildman–Crippen LogP) is -0.680. The predicted molar refractivity (Wildman–Crippen MR) is 33.6 cm³/mol. The third-order valence-electron chi connectivity index (χ3n) is 1.44. The highest BCUT2D eigenvalue weighted by atomic mass is 16.7. The van der Waals surface area contributed by atoms with Crippen LogP contribution in [0.5, 0.6) is 0 Å². The molecule has 0 spiro atoms. The molecule has 0 saturated carbocycles. The maximum absolute atomic E-state index is 10.4. The molecule has 0 radical (unpaired) electrons. The van der Waals surface area contributed by atoms with Crippen LogP contribution in [-0.2, 0) is 14.3 Å². The van der Waals surface area contributed by atoms with Crippen molar-refractivity contribution < 1.29 is 24.5 Å². The van der Waals surface area contributed by atoms with Crippen molar-refractivity contribution in [3.8, 4) is 0 Å². The Morgan fingerprint density at radius 2 is 2.36 bits per heavy atom. The Bertz CT molecular complexity index is 199. The second kappa shape index (κ2) is 2.52. The zero-order chi connectivity index (χ0) is 8.48. The topological polar surface area (TPSA) is 76.0 Å². The average molecular weight is 160 g/mol. The smallest absolute Gasteiger partial charge is 0.346 e. The first-order chi connectivity index (χ1) is 5.07. The quantitative estimate of drug-likeness (QED) is 0.531. The molecule has 1 aliphatic heterocycles. The summed E-state index contributed by atoms with van der Waals surface area (Å²) >= 11 is 0. The van der Waals surface area contributed by atoms with Crippen molar-refractivity contribution in [2.45, 2.75) is 5.60 Å². The molecule has 0 aromatic carbocycles. The standard InChI is InChI=1S/C6H8O5/c1-4-6(9,5(7)8)2-10-3-11-4/h9H,1-3H2,(H,7,8). The Balaban J connectivity index is 2.81. The fourth-order valence-corrected chi connectivity index (χ4v) is 0.683. The molecule has 1 heterocycles. The maximum Gasteiger partial charge on any atom is 0.346 e. The lowest BCUT2D eigenvalue weighted by atomic mass is 10.0. The van der Waals surface area contributed by atoms with E-state index in [0.717, 1.165) is 0 Å². The van der Waals surface area contributed by atoms with Crippen molar-refractivity contribution in [3.05, 3.63) is 12.3 Å². The molecular formula is C6H8O5. The van der Waals surface area contributed by atoms with E-state index in [0.29, 0.717) is 0 Å². The number of hydrogen-bond acceptors (Lipinski definition) is 4. The van der Waals surface area contributed by atoms with Gasteiger partial charge in [-0.1, -0.05) is 6.58 Å². The lowest BCUT2D eigenvalue weighted by Gasteiger charge is -2.29. The number of hydrogen-bond donors (Lipinski definition) is 2. The van der Waals surface area contributed by atoms with Gasteiger partial charge < -0.3 is 19.7 Å². The molecule has 0 aromatic rings. The summed E-state index contributed by atoms with van der Waals surface area (Å²) in [6.45, 7) is 2.88. The Morgan fingerprint density at radius 1 is 1.73 bits per heavy atom. The molecular weight excluding hydrogens is 152 g/mol. The molecule has 5 heteroatoms. The van der Waals surface area contributed by atoms with Crippen LogP contribution in [0, 0.1) is 0 Å². The molecule has 0 aromatic heterocycles. The fourth-order valence-electron chi connectivity index (χ4n) is 0.683. The van der Waals surface area contributed by atoms with E-state index >= 15 is 0 Å². The minimum atomic E-state index is -2.09. The minimum absolute atomic E-state index is 0.0611. The Labute approximate surface area is 62.8 Å². The Morgan fingerprint density at radius 3 is 2.73 bits per heavy atom. The summed E-state index contributed by atoms with van der Waals surface area (Å²) < 4.78 is 9.21. The molecule has 11 heavy (non-hydrogen) atoms. The summed E-state index contributed by atoms with van der Waals surface area (Å²) in [5, 5.41) is 17.8. The molecule has 1 fully saturated rings. The fraction of sp³-hybridized carbons (Fsp3) is 0.500. The van der Waals surface area contributed by atoms with Gasteiger partial charge in [0.25, 0.3) is 0 Å². The number of aliphatic hydroxyl groups is 1. The largest absolute Gasteiger partial charge is 0.479 e. The third-order valence-corrected chi connectivity index (χ3v) is 1.44. The van der Waals surface area contributed by atoms with E-state index in [1.807, 2.05) is 0 Å².